The molecule has 2 unspecified atom stereocenters. The number of hydrogen-bond acceptors (Lipinski definition) is 5. The summed E-state index contributed by atoms with van der Waals surface area (Å²) in [5, 5.41) is 18.4. The van der Waals surface area contributed by atoms with E-state index >= 15 is 0 Å². The molecule has 0 aromatic heterocycles. The second-order valence-corrected chi connectivity index (χ2v) is 2.51. The van der Waals surface area contributed by atoms with Crippen molar-refractivity contribution in [2.24, 2.45) is 23.1 Å². The molecule has 2 atom stereocenters. The molecule has 0 aromatic rings. The molecule has 8 N–H and O–H groups in total. The molecule has 0 spiro atoms. The highest BCUT2D eigenvalue weighted by atomic mass is 16.3. The van der Waals surface area contributed by atoms with Crippen LogP contribution in [-0.2, 0) is 0 Å². The topological polar surface area (TPSA) is 119 Å². The van der Waals surface area contributed by atoms with Gasteiger partial charge in [-0.25, -0.2) is 0 Å². The summed E-state index contributed by atoms with van der Waals surface area (Å²) in [6.45, 7) is 0.384. The van der Waals surface area contributed by atoms with E-state index in [2.05, 4.69) is 0 Å². The minimum Gasteiger partial charge on any atom is -0.391 e. The highest BCUT2D eigenvalue weighted by Crippen LogP contribution is 2.05. The number of nitrogens with two attached hydrogens (primary N) is 3. The summed E-state index contributed by atoms with van der Waals surface area (Å²) < 4.78 is 0. The maximum absolute atomic E-state index is 9.20. The molecule has 0 aliphatic carbocycles. The molecule has 0 bridgehead atoms. The largest absolute Gasteiger partial charge is 0.391 e. The molecule has 0 amide bonds. The van der Waals surface area contributed by atoms with Crippen LogP contribution in [0, 0.1) is 5.92 Å². The number of rotatable bonds is 5. The zero-order chi connectivity index (χ0) is 8.85. The zero-order valence-corrected chi connectivity index (χ0v) is 6.48. The first-order valence-corrected chi connectivity index (χ1v) is 3.63. The molecule has 0 fully saturated rings. The van der Waals surface area contributed by atoms with E-state index in [9.17, 15) is 10.2 Å². The summed E-state index contributed by atoms with van der Waals surface area (Å²) >= 11 is 0. The van der Waals surface area contributed by atoms with Gasteiger partial charge in [0.25, 0.3) is 0 Å². The van der Waals surface area contributed by atoms with Crippen LogP contribution in [0.3, 0.4) is 0 Å². The smallest absolute Gasteiger partial charge is 0.0727 e. The highest BCUT2D eigenvalue weighted by molar-refractivity contribution is 4.77. The lowest BCUT2D eigenvalue weighted by Crippen LogP contribution is -2.44. The Balaban J connectivity index is 3.92. The monoisotopic (exact) mass is 163 g/mol. The van der Waals surface area contributed by atoms with Crippen LogP contribution in [-0.4, -0.2) is 42.1 Å². The Labute approximate surface area is 66.2 Å². The lowest BCUT2D eigenvalue weighted by atomic mass is 9.96. The van der Waals surface area contributed by atoms with Gasteiger partial charge in [0.1, 0.15) is 0 Å². The van der Waals surface area contributed by atoms with E-state index in [4.69, 9.17) is 17.2 Å². The van der Waals surface area contributed by atoms with Gasteiger partial charge in [-0.3, -0.25) is 0 Å². The van der Waals surface area contributed by atoms with Gasteiger partial charge in [0.2, 0.25) is 0 Å². The van der Waals surface area contributed by atoms with E-state index in [1.165, 1.54) is 0 Å². The molecule has 68 valence electrons. The Hall–Kier alpha value is -0.200. The van der Waals surface area contributed by atoms with Gasteiger partial charge in [0.15, 0.2) is 0 Å². The van der Waals surface area contributed by atoms with Crippen LogP contribution in [0.15, 0.2) is 0 Å². The van der Waals surface area contributed by atoms with Gasteiger partial charge >= 0.3 is 0 Å². The van der Waals surface area contributed by atoms with E-state index in [0.29, 0.717) is 0 Å². The summed E-state index contributed by atoms with van der Waals surface area (Å²) in [6.07, 6.45) is -1.53. The molecule has 5 nitrogen and oxygen atoms in total. The van der Waals surface area contributed by atoms with Gasteiger partial charge in [-0.2, -0.15) is 0 Å². The average Bonchev–Trinajstić information content (AvgIpc) is 2.05. The number of aliphatic hydroxyl groups is 2. The van der Waals surface area contributed by atoms with Crippen LogP contribution >= 0.6 is 0 Å². The van der Waals surface area contributed by atoms with Crippen LogP contribution in [0.4, 0.5) is 0 Å². The van der Waals surface area contributed by atoms with Crippen molar-refractivity contribution in [1.82, 2.24) is 0 Å². The molecule has 0 aliphatic rings. The molecule has 5 heteroatoms. The minimum atomic E-state index is -0.765. The number of aliphatic hydroxyl groups excluding tert-OH is 2. The van der Waals surface area contributed by atoms with Crippen molar-refractivity contribution >= 4 is 0 Å². The van der Waals surface area contributed by atoms with Gasteiger partial charge in [-0.1, -0.05) is 0 Å². The summed E-state index contributed by atoms with van der Waals surface area (Å²) in [7, 11) is 0. The second kappa shape index (κ2) is 5.45. The zero-order valence-electron chi connectivity index (χ0n) is 6.48. The Morgan fingerprint density at radius 3 is 1.36 bits per heavy atom. The third-order valence-corrected chi connectivity index (χ3v) is 1.74. The third-order valence-electron chi connectivity index (χ3n) is 1.74. The molecule has 0 rings (SSSR count). The van der Waals surface area contributed by atoms with Gasteiger partial charge in [0, 0.05) is 25.6 Å². The van der Waals surface area contributed by atoms with Crippen molar-refractivity contribution in [3.05, 3.63) is 0 Å². The molecular weight excluding hydrogens is 146 g/mol. The predicted octanol–water partition coefficient (Wildman–Crippen LogP) is -2.80. The fraction of sp³-hybridized carbons (Fsp3) is 1.00. The summed E-state index contributed by atoms with van der Waals surface area (Å²) in [6, 6.07) is 0. The SMILES string of the molecule is NCC(O)C(CN)C(O)CN. The van der Waals surface area contributed by atoms with E-state index in [-0.39, 0.29) is 19.6 Å². The lowest BCUT2D eigenvalue weighted by molar-refractivity contribution is 0.0263. The Morgan fingerprint density at radius 1 is 0.818 bits per heavy atom. The van der Waals surface area contributed by atoms with Crippen molar-refractivity contribution in [2.45, 2.75) is 12.2 Å². The lowest BCUT2D eigenvalue weighted by Gasteiger charge is -2.24. The maximum atomic E-state index is 9.20. The van der Waals surface area contributed by atoms with E-state index in [1.54, 1.807) is 0 Å². The molecule has 0 aromatic carbocycles. The second-order valence-electron chi connectivity index (χ2n) is 2.51. The molecule has 0 heterocycles. The first-order valence-electron chi connectivity index (χ1n) is 3.63. The minimum absolute atomic E-state index is 0.0962. The number of hydrogen-bond donors (Lipinski definition) is 5. The molecule has 11 heavy (non-hydrogen) atoms. The molecule has 0 radical (unpaired) electrons. The third kappa shape index (κ3) is 3.13. The normalized spacial score (nSPS) is 19.4. The van der Waals surface area contributed by atoms with Gasteiger partial charge in [0.05, 0.1) is 12.2 Å². The average molecular weight is 163 g/mol. The van der Waals surface area contributed by atoms with Gasteiger partial charge in [-0.15, -0.1) is 0 Å². The van der Waals surface area contributed by atoms with Crippen LogP contribution < -0.4 is 17.2 Å². The highest BCUT2D eigenvalue weighted by Gasteiger charge is 2.23. The van der Waals surface area contributed by atoms with E-state index in [0.717, 1.165) is 0 Å². The maximum Gasteiger partial charge on any atom is 0.0727 e. The molecule has 0 aliphatic heterocycles. The van der Waals surface area contributed by atoms with Crippen molar-refractivity contribution < 1.29 is 10.2 Å². The Bertz CT molecular complexity index is 91.8. The summed E-state index contributed by atoms with van der Waals surface area (Å²) in [4.78, 5) is 0. The van der Waals surface area contributed by atoms with Gasteiger partial charge < -0.3 is 27.4 Å². The molecule has 0 saturated heterocycles. The van der Waals surface area contributed by atoms with Crippen molar-refractivity contribution in [3.8, 4) is 0 Å². The molecule has 0 saturated carbocycles. The van der Waals surface area contributed by atoms with E-state index in [1.807, 2.05) is 0 Å². The standard InChI is InChI=1S/C6H17N3O2/c7-1-4(5(10)2-8)6(11)3-9/h4-6,10-11H,1-3,7-9H2. The van der Waals surface area contributed by atoms with Crippen LogP contribution in [0.25, 0.3) is 0 Å². The van der Waals surface area contributed by atoms with Gasteiger partial charge in [-0.05, 0) is 0 Å². The summed E-state index contributed by atoms with van der Waals surface area (Å²) in [5.41, 5.74) is 15.7. The molecular formula is C6H17N3O2. The van der Waals surface area contributed by atoms with Crippen molar-refractivity contribution in [3.63, 3.8) is 0 Å². The van der Waals surface area contributed by atoms with E-state index < -0.39 is 18.1 Å². The predicted molar refractivity (Wildman–Crippen MR) is 42.7 cm³/mol. The van der Waals surface area contributed by atoms with Crippen LogP contribution in [0.1, 0.15) is 0 Å². The fourth-order valence-corrected chi connectivity index (χ4v) is 0.920. The van der Waals surface area contributed by atoms with Crippen LogP contribution in [0.5, 0.6) is 0 Å². The Kier molecular flexibility index (Phi) is 5.35. The van der Waals surface area contributed by atoms with Crippen molar-refractivity contribution in [2.75, 3.05) is 19.6 Å². The fourth-order valence-electron chi connectivity index (χ4n) is 0.920. The Morgan fingerprint density at radius 2 is 1.18 bits per heavy atom. The first-order chi connectivity index (χ1) is 5.17. The van der Waals surface area contributed by atoms with Crippen LogP contribution in [0.2, 0.25) is 0 Å². The summed E-state index contributed by atoms with van der Waals surface area (Å²) in [5.74, 6) is -0.412. The quantitative estimate of drug-likeness (QED) is 0.300. The van der Waals surface area contributed by atoms with Crippen molar-refractivity contribution in [1.29, 1.82) is 0 Å². The first kappa shape index (κ1) is 10.8.